The molecule has 0 aliphatic heterocycles. The van der Waals surface area contributed by atoms with Crippen molar-refractivity contribution >= 4 is 28.1 Å². The smallest absolute Gasteiger partial charge is 0.0589 e. The average molecular weight is 267 g/mol. The van der Waals surface area contributed by atoms with Gasteiger partial charge in [-0.25, -0.2) is 0 Å². The van der Waals surface area contributed by atoms with Crippen LogP contribution in [0.4, 0.5) is 5.69 Å². The molecule has 0 aliphatic rings. The summed E-state index contributed by atoms with van der Waals surface area (Å²) in [6.07, 6.45) is 3.36. The standard InChI is InChI=1S/C12H11ClN2OS/c13-11-7-10(14)1-2-12(11)17(16)8-9-3-5-15-6-4-9/h1-7H,8,14H2. The van der Waals surface area contributed by atoms with Crippen molar-refractivity contribution in [2.24, 2.45) is 0 Å². The van der Waals surface area contributed by atoms with E-state index in [0.717, 1.165) is 5.56 Å². The zero-order valence-corrected chi connectivity index (χ0v) is 10.5. The van der Waals surface area contributed by atoms with Gasteiger partial charge < -0.3 is 5.73 Å². The number of nitrogens with zero attached hydrogens (tertiary/aromatic N) is 1. The van der Waals surface area contributed by atoms with Crippen molar-refractivity contribution in [2.45, 2.75) is 10.6 Å². The molecule has 0 spiro atoms. The Bertz CT molecular complexity index is 545. The van der Waals surface area contributed by atoms with Crippen LogP contribution in [0, 0.1) is 0 Å². The van der Waals surface area contributed by atoms with Gasteiger partial charge in [0.05, 0.1) is 26.5 Å². The van der Waals surface area contributed by atoms with Crippen LogP contribution in [0.25, 0.3) is 0 Å². The first kappa shape index (κ1) is 12.1. The van der Waals surface area contributed by atoms with Gasteiger partial charge in [-0.3, -0.25) is 9.19 Å². The second kappa shape index (κ2) is 5.29. The Balaban J connectivity index is 2.21. The fraction of sp³-hybridized carbons (Fsp3) is 0.0833. The molecule has 0 saturated carbocycles. The largest absolute Gasteiger partial charge is 0.399 e. The maximum Gasteiger partial charge on any atom is 0.0589 e. The number of pyridine rings is 1. The van der Waals surface area contributed by atoms with Crippen molar-refractivity contribution in [1.29, 1.82) is 0 Å². The molecular formula is C12H11ClN2OS. The minimum Gasteiger partial charge on any atom is -0.399 e. The third kappa shape index (κ3) is 3.05. The van der Waals surface area contributed by atoms with Crippen molar-refractivity contribution in [3.63, 3.8) is 0 Å². The van der Waals surface area contributed by atoms with Gasteiger partial charge in [0.25, 0.3) is 0 Å². The van der Waals surface area contributed by atoms with Crippen molar-refractivity contribution in [1.82, 2.24) is 4.98 Å². The number of hydrogen-bond acceptors (Lipinski definition) is 3. The Morgan fingerprint density at radius 3 is 2.59 bits per heavy atom. The van der Waals surface area contributed by atoms with E-state index in [0.29, 0.717) is 21.4 Å². The van der Waals surface area contributed by atoms with Gasteiger partial charge in [0, 0.05) is 18.1 Å². The third-order valence-electron chi connectivity index (χ3n) is 2.25. The van der Waals surface area contributed by atoms with E-state index in [1.54, 1.807) is 30.6 Å². The number of nitrogens with two attached hydrogens (primary N) is 1. The lowest BCUT2D eigenvalue weighted by Crippen LogP contribution is -1.98. The summed E-state index contributed by atoms with van der Waals surface area (Å²) in [6, 6.07) is 8.69. The first-order valence-corrected chi connectivity index (χ1v) is 6.69. The van der Waals surface area contributed by atoms with Gasteiger partial charge in [0.2, 0.25) is 0 Å². The topological polar surface area (TPSA) is 56.0 Å². The highest BCUT2D eigenvalue weighted by atomic mass is 35.5. The van der Waals surface area contributed by atoms with Gasteiger partial charge in [-0.05, 0) is 35.9 Å². The van der Waals surface area contributed by atoms with Crippen molar-refractivity contribution in [2.75, 3.05) is 5.73 Å². The number of nitrogen functional groups attached to an aromatic ring is 1. The molecule has 1 atom stereocenters. The fourth-order valence-corrected chi connectivity index (χ4v) is 3.00. The Kier molecular flexibility index (Phi) is 3.76. The summed E-state index contributed by atoms with van der Waals surface area (Å²) in [5.41, 5.74) is 7.12. The number of anilines is 1. The van der Waals surface area contributed by atoms with E-state index in [1.807, 2.05) is 12.1 Å². The molecule has 1 unspecified atom stereocenters. The highest BCUT2D eigenvalue weighted by molar-refractivity contribution is 7.84. The highest BCUT2D eigenvalue weighted by Crippen LogP contribution is 2.24. The summed E-state index contributed by atoms with van der Waals surface area (Å²) in [6.45, 7) is 0. The Hall–Kier alpha value is -1.39. The zero-order valence-electron chi connectivity index (χ0n) is 8.97. The van der Waals surface area contributed by atoms with E-state index in [4.69, 9.17) is 17.3 Å². The molecule has 5 heteroatoms. The molecule has 88 valence electrons. The van der Waals surface area contributed by atoms with E-state index in [-0.39, 0.29) is 0 Å². The van der Waals surface area contributed by atoms with Gasteiger partial charge in [0.15, 0.2) is 0 Å². The molecule has 2 rings (SSSR count). The molecule has 0 bridgehead atoms. The van der Waals surface area contributed by atoms with Crippen molar-refractivity contribution < 1.29 is 4.21 Å². The van der Waals surface area contributed by atoms with Crippen LogP contribution in [0.5, 0.6) is 0 Å². The van der Waals surface area contributed by atoms with Crippen molar-refractivity contribution in [3.8, 4) is 0 Å². The summed E-state index contributed by atoms with van der Waals surface area (Å²) < 4.78 is 12.1. The number of rotatable bonds is 3. The lowest BCUT2D eigenvalue weighted by Gasteiger charge is -2.05. The molecule has 3 nitrogen and oxygen atoms in total. The van der Waals surface area contributed by atoms with Crippen LogP contribution in [0.2, 0.25) is 5.02 Å². The fourth-order valence-electron chi connectivity index (χ4n) is 1.41. The van der Waals surface area contributed by atoms with Crippen LogP contribution in [0.1, 0.15) is 5.56 Å². The molecule has 0 saturated heterocycles. The monoisotopic (exact) mass is 266 g/mol. The summed E-state index contributed by atoms with van der Waals surface area (Å²) >= 11 is 6.01. The molecule has 0 radical (unpaired) electrons. The lowest BCUT2D eigenvalue weighted by molar-refractivity contribution is 0.682. The number of benzene rings is 1. The van der Waals surface area contributed by atoms with Crippen LogP contribution in [0.15, 0.2) is 47.6 Å². The molecule has 17 heavy (non-hydrogen) atoms. The van der Waals surface area contributed by atoms with Crippen LogP contribution in [-0.2, 0) is 16.6 Å². The first-order valence-electron chi connectivity index (χ1n) is 4.99. The number of halogens is 1. The summed E-state index contributed by atoms with van der Waals surface area (Å²) in [5, 5.41) is 0.442. The second-order valence-electron chi connectivity index (χ2n) is 3.54. The lowest BCUT2D eigenvalue weighted by atomic mass is 10.3. The SMILES string of the molecule is Nc1ccc(S(=O)Cc2ccncc2)c(Cl)c1. The molecule has 1 aromatic carbocycles. The summed E-state index contributed by atoms with van der Waals surface area (Å²) in [7, 11) is -1.17. The predicted octanol–water partition coefficient (Wildman–Crippen LogP) is 2.63. The van der Waals surface area contributed by atoms with Crippen LogP contribution in [-0.4, -0.2) is 9.19 Å². The molecule has 0 fully saturated rings. The normalized spacial score (nSPS) is 12.3. The quantitative estimate of drug-likeness (QED) is 0.869. The molecular weight excluding hydrogens is 256 g/mol. The van der Waals surface area contributed by atoms with Crippen LogP contribution in [0.3, 0.4) is 0 Å². The predicted molar refractivity (Wildman–Crippen MR) is 70.2 cm³/mol. The Morgan fingerprint density at radius 2 is 1.94 bits per heavy atom. The third-order valence-corrected chi connectivity index (χ3v) is 4.12. The first-order chi connectivity index (χ1) is 8.16. The van der Waals surface area contributed by atoms with E-state index in [1.165, 1.54) is 0 Å². The van der Waals surface area contributed by atoms with Gasteiger partial charge in [-0.15, -0.1) is 0 Å². The number of hydrogen-bond donors (Lipinski definition) is 1. The van der Waals surface area contributed by atoms with Gasteiger partial charge in [0.1, 0.15) is 0 Å². The maximum atomic E-state index is 12.1. The van der Waals surface area contributed by atoms with E-state index in [9.17, 15) is 4.21 Å². The average Bonchev–Trinajstić information content (AvgIpc) is 2.30. The van der Waals surface area contributed by atoms with E-state index in [2.05, 4.69) is 4.98 Å². The molecule has 0 amide bonds. The van der Waals surface area contributed by atoms with E-state index < -0.39 is 10.8 Å². The molecule has 2 N–H and O–H groups in total. The van der Waals surface area contributed by atoms with Gasteiger partial charge in [-0.2, -0.15) is 0 Å². The molecule has 0 aliphatic carbocycles. The highest BCUT2D eigenvalue weighted by Gasteiger charge is 2.09. The maximum absolute atomic E-state index is 12.1. The van der Waals surface area contributed by atoms with Crippen LogP contribution >= 0.6 is 11.6 Å². The molecule has 1 heterocycles. The summed E-state index contributed by atoms with van der Waals surface area (Å²) in [5.74, 6) is 0.423. The molecule has 1 aromatic heterocycles. The minimum atomic E-state index is -1.17. The zero-order chi connectivity index (χ0) is 12.3. The van der Waals surface area contributed by atoms with E-state index >= 15 is 0 Å². The summed E-state index contributed by atoms with van der Waals surface area (Å²) in [4.78, 5) is 4.52. The van der Waals surface area contributed by atoms with Gasteiger partial charge in [-0.1, -0.05) is 11.6 Å². The Morgan fingerprint density at radius 1 is 1.24 bits per heavy atom. The van der Waals surface area contributed by atoms with Gasteiger partial charge >= 0.3 is 0 Å². The second-order valence-corrected chi connectivity index (χ2v) is 5.36. The van der Waals surface area contributed by atoms with Crippen LogP contribution < -0.4 is 5.73 Å². The molecule has 2 aromatic rings. The minimum absolute atomic E-state index is 0.423. The van der Waals surface area contributed by atoms with Crippen molar-refractivity contribution in [3.05, 3.63) is 53.3 Å². The number of aromatic nitrogens is 1. The Labute approximate surface area is 107 Å².